The van der Waals surface area contributed by atoms with E-state index in [-0.39, 0.29) is 11.6 Å². The van der Waals surface area contributed by atoms with Crippen LogP contribution in [-0.4, -0.2) is 6.03 Å². The molecule has 24 heavy (non-hydrogen) atoms. The molecule has 0 radical (unpaired) electrons. The molecule has 0 spiro atoms. The molecule has 0 aliphatic heterocycles. The van der Waals surface area contributed by atoms with Crippen molar-refractivity contribution in [3.63, 3.8) is 0 Å². The SMILES string of the molecule is O=C(Nc1ccc(F)cc1)N[C@@H](c1ccc(F)cc1)c1cccs1. The highest BCUT2D eigenvalue weighted by Crippen LogP contribution is 2.26. The largest absolute Gasteiger partial charge is 0.326 e. The molecular formula is C18H14F2N2OS. The second kappa shape index (κ2) is 7.23. The van der Waals surface area contributed by atoms with Crippen molar-refractivity contribution < 1.29 is 13.6 Å². The van der Waals surface area contributed by atoms with E-state index >= 15 is 0 Å². The molecule has 2 amide bonds. The number of carbonyl (C=O) groups excluding carboxylic acids is 1. The Balaban J connectivity index is 1.77. The van der Waals surface area contributed by atoms with Gasteiger partial charge in [-0.3, -0.25) is 0 Å². The lowest BCUT2D eigenvalue weighted by Crippen LogP contribution is -2.32. The summed E-state index contributed by atoms with van der Waals surface area (Å²) in [5.41, 5.74) is 1.26. The summed E-state index contributed by atoms with van der Waals surface area (Å²) < 4.78 is 26.1. The van der Waals surface area contributed by atoms with Crippen LogP contribution in [0, 0.1) is 11.6 Å². The average molecular weight is 344 g/mol. The lowest BCUT2D eigenvalue weighted by molar-refractivity contribution is 0.250. The van der Waals surface area contributed by atoms with Crippen molar-refractivity contribution in [2.75, 3.05) is 5.32 Å². The van der Waals surface area contributed by atoms with Crippen molar-refractivity contribution in [2.24, 2.45) is 0 Å². The third-order valence-electron chi connectivity index (χ3n) is 3.41. The van der Waals surface area contributed by atoms with Gasteiger partial charge in [-0.2, -0.15) is 0 Å². The molecule has 1 atom stereocenters. The summed E-state index contributed by atoms with van der Waals surface area (Å²) in [6, 6.07) is 14.4. The van der Waals surface area contributed by atoms with E-state index in [1.165, 1.54) is 47.7 Å². The molecule has 2 aromatic carbocycles. The highest BCUT2D eigenvalue weighted by Gasteiger charge is 2.18. The van der Waals surface area contributed by atoms with Gasteiger partial charge in [0.05, 0.1) is 6.04 Å². The first-order valence-corrected chi connectivity index (χ1v) is 8.12. The van der Waals surface area contributed by atoms with Gasteiger partial charge in [-0.25, -0.2) is 13.6 Å². The minimum atomic E-state index is -0.427. The lowest BCUT2D eigenvalue weighted by atomic mass is 10.1. The van der Waals surface area contributed by atoms with Crippen LogP contribution in [0.15, 0.2) is 66.0 Å². The van der Waals surface area contributed by atoms with Crippen LogP contribution < -0.4 is 10.6 Å². The summed E-state index contributed by atoms with van der Waals surface area (Å²) in [5.74, 6) is -0.705. The number of rotatable bonds is 4. The predicted molar refractivity (Wildman–Crippen MR) is 91.1 cm³/mol. The van der Waals surface area contributed by atoms with E-state index in [0.717, 1.165) is 10.4 Å². The maximum atomic E-state index is 13.1. The van der Waals surface area contributed by atoms with Gasteiger partial charge in [-0.1, -0.05) is 18.2 Å². The Bertz CT molecular complexity index is 802. The quantitative estimate of drug-likeness (QED) is 0.692. The molecule has 0 unspecified atom stereocenters. The topological polar surface area (TPSA) is 41.1 Å². The molecule has 1 aromatic heterocycles. The van der Waals surface area contributed by atoms with Gasteiger partial charge in [-0.15, -0.1) is 11.3 Å². The second-order valence-corrected chi connectivity index (χ2v) is 6.08. The first-order chi connectivity index (χ1) is 11.6. The fourth-order valence-electron chi connectivity index (χ4n) is 2.26. The maximum absolute atomic E-state index is 13.1. The zero-order valence-electron chi connectivity index (χ0n) is 12.5. The zero-order chi connectivity index (χ0) is 16.9. The molecular weight excluding hydrogens is 330 g/mol. The maximum Gasteiger partial charge on any atom is 0.320 e. The average Bonchev–Trinajstić information content (AvgIpc) is 3.10. The number of nitrogens with one attached hydrogen (secondary N) is 2. The molecule has 0 saturated carbocycles. The molecule has 0 aliphatic carbocycles. The van der Waals surface area contributed by atoms with Gasteiger partial charge in [0, 0.05) is 10.6 Å². The third kappa shape index (κ3) is 3.97. The number of amides is 2. The van der Waals surface area contributed by atoms with Crippen molar-refractivity contribution in [1.82, 2.24) is 5.32 Å². The first kappa shape index (κ1) is 16.1. The van der Waals surface area contributed by atoms with Gasteiger partial charge < -0.3 is 10.6 Å². The molecule has 3 rings (SSSR count). The van der Waals surface area contributed by atoms with Crippen LogP contribution in [0.3, 0.4) is 0 Å². The van der Waals surface area contributed by atoms with Crippen LogP contribution in [0.4, 0.5) is 19.3 Å². The van der Waals surface area contributed by atoms with Crippen LogP contribution in [0.2, 0.25) is 0 Å². The predicted octanol–water partition coefficient (Wildman–Crippen LogP) is 4.94. The minimum Gasteiger partial charge on any atom is -0.326 e. The summed E-state index contributed by atoms with van der Waals surface area (Å²) in [6.07, 6.45) is 0. The van der Waals surface area contributed by atoms with E-state index in [0.29, 0.717) is 5.69 Å². The molecule has 0 aliphatic rings. The van der Waals surface area contributed by atoms with Crippen molar-refractivity contribution >= 4 is 23.1 Å². The van der Waals surface area contributed by atoms with Crippen molar-refractivity contribution in [3.05, 3.63) is 88.1 Å². The molecule has 0 fully saturated rings. The number of anilines is 1. The van der Waals surface area contributed by atoms with Crippen LogP contribution in [0.5, 0.6) is 0 Å². The second-order valence-electron chi connectivity index (χ2n) is 5.11. The van der Waals surface area contributed by atoms with E-state index in [9.17, 15) is 13.6 Å². The molecule has 2 N–H and O–H groups in total. The highest BCUT2D eigenvalue weighted by molar-refractivity contribution is 7.10. The summed E-state index contributed by atoms with van der Waals surface area (Å²) in [4.78, 5) is 13.2. The Hall–Kier alpha value is -2.73. The molecule has 3 aromatic rings. The smallest absolute Gasteiger partial charge is 0.320 e. The van der Waals surface area contributed by atoms with E-state index in [2.05, 4.69) is 10.6 Å². The fraction of sp³-hybridized carbons (Fsp3) is 0.0556. The normalized spacial score (nSPS) is 11.8. The molecule has 3 nitrogen and oxygen atoms in total. The van der Waals surface area contributed by atoms with Gasteiger partial charge in [-0.05, 0) is 53.4 Å². The van der Waals surface area contributed by atoms with Crippen molar-refractivity contribution in [3.8, 4) is 0 Å². The number of urea groups is 1. The van der Waals surface area contributed by atoms with E-state index < -0.39 is 12.1 Å². The number of hydrogen-bond acceptors (Lipinski definition) is 2. The molecule has 1 heterocycles. The molecule has 0 saturated heterocycles. The summed E-state index contributed by atoms with van der Waals surface area (Å²) in [7, 11) is 0. The highest BCUT2D eigenvalue weighted by atomic mass is 32.1. The van der Waals surface area contributed by atoms with E-state index in [1.807, 2.05) is 17.5 Å². The van der Waals surface area contributed by atoms with Crippen LogP contribution >= 0.6 is 11.3 Å². The monoisotopic (exact) mass is 344 g/mol. The standard InChI is InChI=1S/C18H14F2N2OS/c19-13-5-3-12(4-6-13)17(16-2-1-11-24-16)22-18(23)21-15-9-7-14(20)8-10-15/h1-11,17H,(H2,21,22,23)/t17-/m0/s1. The molecule has 122 valence electrons. The van der Waals surface area contributed by atoms with Crippen LogP contribution in [0.1, 0.15) is 16.5 Å². The summed E-state index contributed by atoms with van der Waals surface area (Å²) >= 11 is 1.49. The Morgan fingerprint density at radius 3 is 2.12 bits per heavy atom. The number of halogens is 2. The van der Waals surface area contributed by atoms with Gasteiger partial charge in [0.15, 0.2) is 0 Å². The van der Waals surface area contributed by atoms with Gasteiger partial charge in [0.1, 0.15) is 11.6 Å². The third-order valence-corrected chi connectivity index (χ3v) is 4.35. The van der Waals surface area contributed by atoms with Gasteiger partial charge >= 0.3 is 6.03 Å². The van der Waals surface area contributed by atoms with Gasteiger partial charge in [0.2, 0.25) is 0 Å². The Labute approximate surface area is 142 Å². The van der Waals surface area contributed by atoms with E-state index in [1.54, 1.807) is 12.1 Å². The molecule has 6 heteroatoms. The number of carbonyl (C=O) groups is 1. The van der Waals surface area contributed by atoms with E-state index in [4.69, 9.17) is 0 Å². The number of thiophene rings is 1. The Morgan fingerprint density at radius 1 is 0.917 bits per heavy atom. The summed E-state index contributed by atoms with van der Waals surface area (Å²) in [5, 5.41) is 7.43. The zero-order valence-corrected chi connectivity index (χ0v) is 13.3. The van der Waals surface area contributed by atoms with Crippen molar-refractivity contribution in [2.45, 2.75) is 6.04 Å². The summed E-state index contributed by atoms with van der Waals surface area (Å²) in [6.45, 7) is 0. The minimum absolute atomic E-state index is 0.334. The van der Waals surface area contributed by atoms with Crippen LogP contribution in [0.25, 0.3) is 0 Å². The Kier molecular flexibility index (Phi) is 4.86. The fourth-order valence-corrected chi connectivity index (χ4v) is 3.06. The number of hydrogen-bond donors (Lipinski definition) is 2. The number of benzene rings is 2. The van der Waals surface area contributed by atoms with Crippen LogP contribution in [-0.2, 0) is 0 Å². The molecule has 0 bridgehead atoms. The Morgan fingerprint density at radius 2 is 1.54 bits per heavy atom. The van der Waals surface area contributed by atoms with Crippen molar-refractivity contribution in [1.29, 1.82) is 0 Å². The lowest BCUT2D eigenvalue weighted by Gasteiger charge is -2.18. The first-order valence-electron chi connectivity index (χ1n) is 7.24. The van der Waals surface area contributed by atoms with Gasteiger partial charge in [0.25, 0.3) is 0 Å².